The standard InChI is InChI=1S/C27H33N3O6/c1-4-17-36-22-10-7-9-20(18-22)25(31)23-24(19-11-13-21(14-12-19)30(34)35)29(27(33)26(23)32)16-8-15-28(5-2)6-3/h7,9-14,18,24,31H,4-6,8,15-17H2,1-3H3/b25-23+. The van der Waals surface area contributed by atoms with Crippen LogP contribution in [0.25, 0.3) is 5.76 Å². The minimum absolute atomic E-state index is 0.0377. The summed E-state index contributed by atoms with van der Waals surface area (Å²) < 4.78 is 5.66. The molecule has 1 fully saturated rings. The molecule has 0 saturated carbocycles. The van der Waals surface area contributed by atoms with Crippen molar-refractivity contribution in [3.8, 4) is 5.75 Å². The number of carbonyl (C=O) groups is 2. The molecule has 1 unspecified atom stereocenters. The fourth-order valence-corrected chi connectivity index (χ4v) is 4.35. The molecular formula is C27H33N3O6. The van der Waals surface area contributed by atoms with Crippen LogP contribution >= 0.6 is 0 Å². The van der Waals surface area contributed by atoms with Gasteiger partial charge in [-0.3, -0.25) is 19.7 Å². The molecule has 1 saturated heterocycles. The van der Waals surface area contributed by atoms with Crippen LogP contribution in [0.5, 0.6) is 5.75 Å². The number of ether oxygens (including phenoxy) is 1. The van der Waals surface area contributed by atoms with Gasteiger partial charge >= 0.3 is 0 Å². The summed E-state index contributed by atoms with van der Waals surface area (Å²) in [7, 11) is 0. The Bertz CT molecular complexity index is 1120. The van der Waals surface area contributed by atoms with E-state index < -0.39 is 22.7 Å². The Kier molecular flexibility index (Phi) is 9.19. The van der Waals surface area contributed by atoms with Crippen LogP contribution < -0.4 is 4.74 Å². The Labute approximate surface area is 211 Å². The maximum absolute atomic E-state index is 13.2. The third-order valence-electron chi connectivity index (χ3n) is 6.31. The summed E-state index contributed by atoms with van der Waals surface area (Å²) in [6, 6.07) is 11.6. The summed E-state index contributed by atoms with van der Waals surface area (Å²) in [5.74, 6) is -1.23. The molecule has 36 heavy (non-hydrogen) atoms. The smallest absolute Gasteiger partial charge is 0.295 e. The maximum atomic E-state index is 13.2. The van der Waals surface area contributed by atoms with Crippen molar-refractivity contribution in [2.45, 2.75) is 39.7 Å². The molecule has 0 spiro atoms. The van der Waals surface area contributed by atoms with Crippen LogP contribution in [0, 0.1) is 10.1 Å². The van der Waals surface area contributed by atoms with Crippen molar-refractivity contribution in [2.75, 3.05) is 32.8 Å². The number of likely N-dealkylation sites (tertiary alicyclic amines) is 1. The van der Waals surface area contributed by atoms with Gasteiger partial charge in [0.05, 0.1) is 23.1 Å². The van der Waals surface area contributed by atoms with Gasteiger partial charge in [0.1, 0.15) is 11.5 Å². The molecule has 2 aromatic carbocycles. The van der Waals surface area contributed by atoms with Crippen molar-refractivity contribution < 1.29 is 24.4 Å². The lowest BCUT2D eigenvalue weighted by Gasteiger charge is -2.26. The number of nitro groups is 1. The second-order valence-electron chi connectivity index (χ2n) is 8.60. The van der Waals surface area contributed by atoms with Gasteiger partial charge in [-0.2, -0.15) is 0 Å². The Morgan fingerprint density at radius 1 is 1.11 bits per heavy atom. The Balaban J connectivity index is 2.04. The minimum atomic E-state index is -0.859. The molecule has 0 aliphatic carbocycles. The normalized spacial score (nSPS) is 17.1. The van der Waals surface area contributed by atoms with E-state index in [0.717, 1.165) is 26.1 Å². The SMILES string of the molecule is CCCOc1cccc(/C(O)=C2\C(=O)C(=O)N(CCCN(CC)CC)C2c2ccc([N+](=O)[O-])cc2)c1. The van der Waals surface area contributed by atoms with Crippen LogP contribution in [0.3, 0.4) is 0 Å². The number of aliphatic hydroxyl groups excluding tert-OH is 1. The number of nitro benzene ring substituents is 1. The van der Waals surface area contributed by atoms with Crippen molar-refractivity contribution >= 4 is 23.1 Å². The van der Waals surface area contributed by atoms with E-state index in [-0.39, 0.29) is 17.0 Å². The molecule has 9 nitrogen and oxygen atoms in total. The van der Waals surface area contributed by atoms with Crippen molar-refractivity contribution in [3.63, 3.8) is 0 Å². The first-order valence-corrected chi connectivity index (χ1v) is 12.3. The van der Waals surface area contributed by atoms with Gasteiger partial charge in [-0.25, -0.2) is 0 Å². The van der Waals surface area contributed by atoms with E-state index >= 15 is 0 Å². The highest BCUT2D eigenvalue weighted by molar-refractivity contribution is 6.46. The molecule has 1 aliphatic heterocycles. The lowest BCUT2D eigenvalue weighted by atomic mass is 9.95. The molecule has 0 radical (unpaired) electrons. The molecular weight excluding hydrogens is 462 g/mol. The molecule has 1 heterocycles. The first-order valence-electron chi connectivity index (χ1n) is 12.3. The minimum Gasteiger partial charge on any atom is -0.507 e. The van der Waals surface area contributed by atoms with Crippen LogP contribution in [-0.2, 0) is 9.59 Å². The summed E-state index contributed by atoms with van der Waals surface area (Å²) >= 11 is 0. The highest BCUT2D eigenvalue weighted by atomic mass is 16.6. The van der Waals surface area contributed by atoms with Crippen LogP contribution in [0.4, 0.5) is 5.69 Å². The average Bonchev–Trinajstić information content (AvgIpc) is 3.14. The van der Waals surface area contributed by atoms with E-state index in [4.69, 9.17) is 4.74 Å². The van der Waals surface area contributed by atoms with E-state index in [1.807, 2.05) is 6.92 Å². The van der Waals surface area contributed by atoms with Crippen LogP contribution in [0.2, 0.25) is 0 Å². The van der Waals surface area contributed by atoms with Gasteiger partial charge in [-0.1, -0.05) is 32.9 Å². The Morgan fingerprint density at radius 2 is 1.81 bits per heavy atom. The number of hydrogen-bond acceptors (Lipinski definition) is 7. The van der Waals surface area contributed by atoms with E-state index in [1.54, 1.807) is 24.3 Å². The van der Waals surface area contributed by atoms with Gasteiger partial charge in [-0.05, 0) is 62.3 Å². The third-order valence-corrected chi connectivity index (χ3v) is 6.31. The van der Waals surface area contributed by atoms with E-state index in [1.165, 1.54) is 29.2 Å². The number of non-ortho nitro benzene ring substituents is 1. The van der Waals surface area contributed by atoms with E-state index in [9.17, 15) is 24.8 Å². The Hall–Kier alpha value is -3.72. The molecule has 192 valence electrons. The molecule has 0 bridgehead atoms. The number of aliphatic hydroxyl groups is 1. The van der Waals surface area contributed by atoms with Gasteiger partial charge in [0.15, 0.2) is 0 Å². The molecule has 1 atom stereocenters. The van der Waals surface area contributed by atoms with Crippen LogP contribution in [-0.4, -0.2) is 64.3 Å². The van der Waals surface area contributed by atoms with Gasteiger partial charge < -0.3 is 19.6 Å². The summed E-state index contributed by atoms with van der Waals surface area (Å²) in [4.78, 5) is 40.6. The number of nitrogens with zero attached hydrogens (tertiary/aromatic N) is 3. The lowest BCUT2D eigenvalue weighted by molar-refractivity contribution is -0.384. The quantitative estimate of drug-likeness (QED) is 0.151. The van der Waals surface area contributed by atoms with Crippen molar-refractivity contribution in [1.82, 2.24) is 9.80 Å². The fourth-order valence-electron chi connectivity index (χ4n) is 4.35. The second-order valence-corrected chi connectivity index (χ2v) is 8.60. The number of Topliss-reactive ketones (excluding diaryl/α,β-unsaturated/α-hetero) is 1. The number of hydrogen-bond donors (Lipinski definition) is 1. The fraction of sp³-hybridized carbons (Fsp3) is 0.407. The molecule has 1 aliphatic rings. The maximum Gasteiger partial charge on any atom is 0.295 e. The van der Waals surface area contributed by atoms with E-state index in [0.29, 0.717) is 36.4 Å². The monoisotopic (exact) mass is 495 g/mol. The van der Waals surface area contributed by atoms with Gasteiger partial charge in [0.25, 0.3) is 17.4 Å². The summed E-state index contributed by atoms with van der Waals surface area (Å²) in [6.45, 7) is 9.41. The first kappa shape index (κ1) is 26.9. The van der Waals surface area contributed by atoms with Gasteiger partial charge in [0, 0.05) is 24.2 Å². The molecule has 1 N–H and O–H groups in total. The average molecular weight is 496 g/mol. The molecule has 0 aromatic heterocycles. The summed E-state index contributed by atoms with van der Waals surface area (Å²) in [5, 5.41) is 22.4. The molecule has 2 aromatic rings. The molecule has 9 heteroatoms. The number of ketones is 1. The van der Waals surface area contributed by atoms with Crippen molar-refractivity contribution in [1.29, 1.82) is 0 Å². The number of amides is 1. The van der Waals surface area contributed by atoms with Crippen molar-refractivity contribution in [3.05, 3.63) is 75.3 Å². The van der Waals surface area contributed by atoms with E-state index in [2.05, 4.69) is 18.7 Å². The number of rotatable bonds is 12. The Morgan fingerprint density at radius 3 is 2.42 bits per heavy atom. The zero-order valence-corrected chi connectivity index (χ0v) is 21.0. The predicted octanol–water partition coefficient (Wildman–Crippen LogP) is 4.54. The zero-order valence-electron chi connectivity index (χ0n) is 21.0. The number of carbonyl (C=O) groups excluding carboxylic acids is 2. The lowest BCUT2D eigenvalue weighted by Crippen LogP contribution is -2.33. The van der Waals surface area contributed by atoms with Crippen LogP contribution in [0.1, 0.15) is 50.8 Å². The third kappa shape index (κ3) is 5.91. The highest BCUT2D eigenvalue weighted by Crippen LogP contribution is 2.40. The van der Waals surface area contributed by atoms with Crippen LogP contribution in [0.15, 0.2) is 54.1 Å². The molecule has 1 amide bonds. The predicted molar refractivity (Wildman–Crippen MR) is 137 cm³/mol. The topological polar surface area (TPSA) is 113 Å². The highest BCUT2D eigenvalue weighted by Gasteiger charge is 2.45. The molecule has 3 rings (SSSR count). The van der Waals surface area contributed by atoms with Gasteiger partial charge in [0.2, 0.25) is 0 Å². The largest absolute Gasteiger partial charge is 0.507 e. The second kappa shape index (κ2) is 12.3. The summed E-state index contributed by atoms with van der Waals surface area (Å²) in [5.41, 5.74) is 0.738. The van der Waals surface area contributed by atoms with Crippen molar-refractivity contribution in [2.24, 2.45) is 0 Å². The summed E-state index contributed by atoms with van der Waals surface area (Å²) in [6.07, 6.45) is 1.45. The first-order chi connectivity index (χ1) is 17.3. The van der Waals surface area contributed by atoms with Gasteiger partial charge in [-0.15, -0.1) is 0 Å². The zero-order chi connectivity index (χ0) is 26.2. The number of benzene rings is 2.